The van der Waals surface area contributed by atoms with Gasteiger partial charge in [-0.15, -0.1) is 0 Å². The molecule has 1 saturated heterocycles. The van der Waals surface area contributed by atoms with E-state index >= 15 is 0 Å². The number of benzene rings is 1. The fraction of sp³-hybridized carbons (Fsp3) is 0.500. The van der Waals surface area contributed by atoms with Crippen LogP contribution in [0.15, 0.2) is 16.6 Å². The van der Waals surface area contributed by atoms with Gasteiger partial charge in [0.05, 0.1) is 0 Å². The van der Waals surface area contributed by atoms with Crippen molar-refractivity contribution < 1.29 is 8.78 Å². The fourth-order valence-corrected chi connectivity index (χ4v) is 2.55. The second kappa shape index (κ2) is 5.31. The molecule has 94 valence electrons. The van der Waals surface area contributed by atoms with Crippen LogP contribution in [0, 0.1) is 11.6 Å². The minimum absolute atomic E-state index is 0.0868. The summed E-state index contributed by atoms with van der Waals surface area (Å²) >= 11 is 3.09. The van der Waals surface area contributed by atoms with Gasteiger partial charge in [0.25, 0.3) is 0 Å². The molecule has 1 aromatic rings. The van der Waals surface area contributed by atoms with Crippen LogP contribution in [-0.4, -0.2) is 25.7 Å². The number of nitrogens with one attached hydrogen (secondary N) is 1. The highest BCUT2D eigenvalue weighted by molar-refractivity contribution is 9.10. The van der Waals surface area contributed by atoms with Crippen LogP contribution in [0.3, 0.4) is 0 Å². The Morgan fingerprint density at radius 3 is 2.65 bits per heavy atom. The summed E-state index contributed by atoms with van der Waals surface area (Å²) in [4.78, 5) is 1.78. The predicted octanol–water partition coefficient (Wildman–Crippen LogP) is 2.92. The van der Waals surface area contributed by atoms with E-state index in [2.05, 4.69) is 21.2 Å². The molecule has 5 heteroatoms. The molecule has 0 aliphatic carbocycles. The van der Waals surface area contributed by atoms with Crippen LogP contribution < -0.4 is 10.2 Å². The maximum atomic E-state index is 13.8. The van der Waals surface area contributed by atoms with E-state index in [-0.39, 0.29) is 11.7 Å². The summed E-state index contributed by atoms with van der Waals surface area (Å²) < 4.78 is 28.1. The average molecular weight is 305 g/mol. The average Bonchev–Trinajstić information content (AvgIpc) is 2.41. The zero-order valence-corrected chi connectivity index (χ0v) is 11.2. The quantitative estimate of drug-likeness (QED) is 0.858. The topological polar surface area (TPSA) is 15.3 Å². The van der Waals surface area contributed by atoms with Gasteiger partial charge in [0.15, 0.2) is 11.6 Å². The number of hydrogen-bond acceptors (Lipinski definition) is 2. The fourth-order valence-electron chi connectivity index (χ4n) is 2.14. The first kappa shape index (κ1) is 12.8. The molecule has 0 amide bonds. The molecule has 1 aromatic carbocycles. The molecule has 0 saturated carbocycles. The largest absolute Gasteiger partial charge is 0.365 e. The van der Waals surface area contributed by atoms with E-state index in [4.69, 9.17) is 0 Å². The molecule has 1 heterocycles. The third-order valence-corrected chi connectivity index (χ3v) is 3.35. The van der Waals surface area contributed by atoms with E-state index in [1.807, 2.05) is 6.92 Å². The maximum absolute atomic E-state index is 13.8. The number of halogens is 3. The molecule has 0 spiro atoms. The second-order valence-electron chi connectivity index (χ2n) is 4.37. The number of hydrogen-bond donors (Lipinski definition) is 1. The Morgan fingerprint density at radius 2 is 2.00 bits per heavy atom. The Bertz CT molecular complexity index is 388. The minimum Gasteiger partial charge on any atom is -0.365 e. The normalized spacial score (nSPS) is 21.4. The van der Waals surface area contributed by atoms with E-state index in [1.54, 1.807) is 4.90 Å². The first-order valence-electron chi connectivity index (χ1n) is 5.71. The second-order valence-corrected chi connectivity index (χ2v) is 5.29. The third kappa shape index (κ3) is 2.96. The highest BCUT2D eigenvalue weighted by Crippen LogP contribution is 2.28. The van der Waals surface area contributed by atoms with E-state index < -0.39 is 11.6 Å². The van der Waals surface area contributed by atoms with Crippen molar-refractivity contribution in [3.63, 3.8) is 0 Å². The standard InChI is InChI=1S/C12H15BrF2N2/c1-8-7-17(4-2-3-16-8)12-10(14)5-9(13)6-11(12)15/h5-6,8,16H,2-4,7H2,1H3. The smallest absolute Gasteiger partial charge is 0.150 e. The monoisotopic (exact) mass is 304 g/mol. The van der Waals surface area contributed by atoms with Crippen molar-refractivity contribution in [1.82, 2.24) is 5.32 Å². The lowest BCUT2D eigenvalue weighted by Crippen LogP contribution is -2.36. The van der Waals surface area contributed by atoms with Crippen LogP contribution >= 0.6 is 15.9 Å². The van der Waals surface area contributed by atoms with Crippen LogP contribution in [0.4, 0.5) is 14.5 Å². The molecule has 2 rings (SSSR count). The molecular formula is C12H15BrF2N2. The van der Waals surface area contributed by atoms with Gasteiger partial charge in [-0.1, -0.05) is 15.9 Å². The van der Waals surface area contributed by atoms with Crippen molar-refractivity contribution in [2.24, 2.45) is 0 Å². The van der Waals surface area contributed by atoms with Crippen molar-refractivity contribution in [1.29, 1.82) is 0 Å². The van der Waals surface area contributed by atoms with Crippen LogP contribution in [0.5, 0.6) is 0 Å². The molecule has 0 bridgehead atoms. The van der Waals surface area contributed by atoms with Crippen molar-refractivity contribution in [2.45, 2.75) is 19.4 Å². The zero-order chi connectivity index (χ0) is 12.4. The minimum atomic E-state index is -0.508. The summed E-state index contributed by atoms with van der Waals surface area (Å²) in [6.45, 7) is 4.20. The summed E-state index contributed by atoms with van der Waals surface area (Å²) in [5.74, 6) is -1.02. The van der Waals surface area contributed by atoms with Gasteiger partial charge >= 0.3 is 0 Å². The van der Waals surface area contributed by atoms with Gasteiger partial charge in [-0.25, -0.2) is 8.78 Å². The molecule has 1 aliphatic heterocycles. The van der Waals surface area contributed by atoms with E-state index in [0.29, 0.717) is 17.6 Å². The highest BCUT2D eigenvalue weighted by Gasteiger charge is 2.21. The van der Waals surface area contributed by atoms with Crippen LogP contribution in [0.25, 0.3) is 0 Å². The SMILES string of the molecule is CC1CN(c2c(F)cc(Br)cc2F)CCCN1. The highest BCUT2D eigenvalue weighted by atomic mass is 79.9. The van der Waals surface area contributed by atoms with Crippen molar-refractivity contribution in [2.75, 3.05) is 24.5 Å². The van der Waals surface area contributed by atoms with Crippen LogP contribution in [0.1, 0.15) is 13.3 Å². The zero-order valence-electron chi connectivity index (χ0n) is 9.64. The Morgan fingerprint density at radius 1 is 1.35 bits per heavy atom. The summed E-state index contributed by atoms with van der Waals surface area (Å²) in [5.41, 5.74) is 0.0868. The Kier molecular flexibility index (Phi) is 3.99. The Balaban J connectivity index is 2.32. The summed E-state index contributed by atoms with van der Waals surface area (Å²) in [5, 5.41) is 3.30. The Labute approximate surface area is 108 Å². The maximum Gasteiger partial charge on any atom is 0.150 e. The molecule has 1 fully saturated rings. The van der Waals surface area contributed by atoms with Gasteiger partial charge in [-0.3, -0.25) is 0 Å². The van der Waals surface area contributed by atoms with E-state index in [9.17, 15) is 8.78 Å². The molecule has 0 aromatic heterocycles. The molecule has 1 N–H and O–H groups in total. The van der Waals surface area contributed by atoms with Gasteiger partial charge in [0.2, 0.25) is 0 Å². The first-order valence-corrected chi connectivity index (χ1v) is 6.50. The molecule has 1 aliphatic rings. The third-order valence-electron chi connectivity index (χ3n) is 2.89. The van der Waals surface area contributed by atoms with Crippen molar-refractivity contribution in [3.05, 3.63) is 28.2 Å². The molecule has 1 unspecified atom stereocenters. The van der Waals surface area contributed by atoms with Gasteiger partial charge in [0.1, 0.15) is 5.69 Å². The Hall–Kier alpha value is -0.680. The summed E-state index contributed by atoms with van der Waals surface area (Å²) in [7, 11) is 0. The molecule has 0 radical (unpaired) electrons. The van der Waals surface area contributed by atoms with E-state index in [0.717, 1.165) is 13.0 Å². The summed E-state index contributed by atoms with van der Waals surface area (Å²) in [6.07, 6.45) is 0.888. The summed E-state index contributed by atoms with van der Waals surface area (Å²) in [6, 6.07) is 2.85. The number of nitrogens with zero attached hydrogens (tertiary/aromatic N) is 1. The van der Waals surface area contributed by atoms with Crippen LogP contribution in [0.2, 0.25) is 0 Å². The lowest BCUT2D eigenvalue weighted by atomic mass is 10.2. The lowest BCUT2D eigenvalue weighted by Gasteiger charge is -2.25. The van der Waals surface area contributed by atoms with Crippen molar-refractivity contribution >= 4 is 21.6 Å². The van der Waals surface area contributed by atoms with Crippen LogP contribution in [-0.2, 0) is 0 Å². The molecule has 2 nitrogen and oxygen atoms in total. The van der Waals surface area contributed by atoms with Gasteiger partial charge in [-0.05, 0) is 32.0 Å². The molecule has 17 heavy (non-hydrogen) atoms. The molecule has 1 atom stereocenters. The van der Waals surface area contributed by atoms with Gasteiger partial charge in [-0.2, -0.15) is 0 Å². The van der Waals surface area contributed by atoms with Gasteiger partial charge < -0.3 is 10.2 Å². The number of rotatable bonds is 1. The molecular weight excluding hydrogens is 290 g/mol. The van der Waals surface area contributed by atoms with Gasteiger partial charge in [0, 0.05) is 23.6 Å². The predicted molar refractivity (Wildman–Crippen MR) is 68.4 cm³/mol. The van der Waals surface area contributed by atoms with E-state index in [1.165, 1.54) is 12.1 Å². The van der Waals surface area contributed by atoms with Crippen molar-refractivity contribution in [3.8, 4) is 0 Å². The first-order chi connectivity index (χ1) is 8.08. The number of anilines is 1. The lowest BCUT2D eigenvalue weighted by molar-refractivity contribution is 0.555.